The Morgan fingerprint density at radius 2 is 2.14 bits per heavy atom. The number of benzene rings is 1. The van der Waals surface area contributed by atoms with Crippen LogP contribution in [0.4, 0.5) is 8.78 Å². The van der Waals surface area contributed by atoms with Gasteiger partial charge in [-0.25, -0.2) is 8.78 Å². The van der Waals surface area contributed by atoms with Crippen LogP contribution in [0.15, 0.2) is 18.2 Å². The molecule has 114 valence electrons. The third-order valence-electron chi connectivity index (χ3n) is 4.72. The number of piperidine rings is 1. The first-order chi connectivity index (χ1) is 9.99. The summed E-state index contributed by atoms with van der Waals surface area (Å²) in [5.41, 5.74) is 0.291. The van der Waals surface area contributed by atoms with Gasteiger partial charge in [-0.3, -0.25) is 4.79 Å². The number of likely N-dealkylation sites (tertiary alicyclic amines) is 1. The van der Waals surface area contributed by atoms with Crippen molar-refractivity contribution < 1.29 is 18.7 Å². The second-order valence-corrected chi connectivity index (χ2v) is 6.21. The van der Waals surface area contributed by atoms with Gasteiger partial charge in [0.15, 0.2) is 11.6 Å². The monoisotopic (exact) mass is 295 g/mol. The molecule has 1 aliphatic heterocycles. The molecule has 1 aliphatic carbocycles. The number of carbonyl (C=O) groups excluding carboxylic acids is 1. The molecule has 0 bridgehead atoms. The maximum absolute atomic E-state index is 13.7. The topological polar surface area (TPSA) is 40.5 Å². The molecule has 0 aromatic heterocycles. The number of aliphatic hydroxyl groups is 1. The fourth-order valence-electron chi connectivity index (χ4n) is 3.10. The zero-order valence-electron chi connectivity index (χ0n) is 11.9. The molecule has 2 fully saturated rings. The van der Waals surface area contributed by atoms with Gasteiger partial charge in [0.25, 0.3) is 0 Å². The highest BCUT2D eigenvalue weighted by Gasteiger charge is 2.47. The van der Waals surface area contributed by atoms with Gasteiger partial charge in [-0.2, -0.15) is 0 Å². The number of hydrogen-bond acceptors (Lipinski definition) is 2. The Morgan fingerprint density at radius 1 is 1.38 bits per heavy atom. The van der Waals surface area contributed by atoms with Crippen molar-refractivity contribution in [1.29, 1.82) is 0 Å². The van der Waals surface area contributed by atoms with Crippen LogP contribution >= 0.6 is 0 Å². The predicted octanol–water partition coefficient (Wildman–Crippen LogP) is 2.30. The van der Waals surface area contributed by atoms with Crippen LogP contribution in [-0.4, -0.2) is 35.1 Å². The van der Waals surface area contributed by atoms with E-state index in [4.69, 9.17) is 0 Å². The van der Waals surface area contributed by atoms with E-state index >= 15 is 0 Å². The second-order valence-electron chi connectivity index (χ2n) is 6.21. The molecular weight excluding hydrogens is 276 g/mol. The summed E-state index contributed by atoms with van der Waals surface area (Å²) < 4.78 is 27.0. The minimum Gasteiger partial charge on any atom is -0.391 e. The first kappa shape index (κ1) is 14.4. The van der Waals surface area contributed by atoms with Gasteiger partial charge in [-0.15, -0.1) is 0 Å². The minimum absolute atomic E-state index is 0.0467. The van der Waals surface area contributed by atoms with Gasteiger partial charge in [-0.1, -0.05) is 19.1 Å². The Bertz CT molecular complexity index is 563. The summed E-state index contributed by atoms with van der Waals surface area (Å²) in [6.07, 6.45) is 0.839. The third-order valence-corrected chi connectivity index (χ3v) is 4.72. The summed E-state index contributed by atoms with van der Waals surface area (Å²) in [7, 11) is 0. The largest absolute Gasteiger partial charge is 0.391 e. The van der Waals surface area contributed by atoms with Crippen molar-refractivity contribution in [3.63, 3.8) is 0 Å². The molecule has 1 heterocycles. The Balaban J connectivity index is 1.67. The number of β-amino-alcohol motifs (C(OH)–C–C–N with tert-alkyl or cyclic N) is 1. The normalized spacial score (nSPS) is 32.1. The molecule has 1 N–H and O–H groups in total. The molecule has 21 heavy (non-hydrogen) atoms. The number of halogens is 2. The highest BCUT2D eigenvalue weighted by molar-refractivity contribution is 5.83. The van der Waals surface area contributed by atoms with Crippen LogP contribution in [0.3, 0.4) is 0 Å². The summed E-state index contributed by atoms with van der Waals surface area (Å²) in [5.74, 6) is -2.07. The SMILES string of the molecule is CC1CCN(C(=O)C2CC2c2cccc(F)c2F)CC1O. The lowest BCUT2D eigenvalue weighted by molar-refractivity contribution is -0.136. The number of amides is 1. The van der Waals surface area contributed by atoms with Gasteiger partial charge in [0.2, 0.25) is 5.91 Å². The molecule has 4 atom stereocenters. The van der Waals surface area contributed by atoms with E-state index < -0.39 is 17.7 Å². The molecule has 4 unspecified atom stereocenters. The van der Waals surface area contributed by atoms with Crippen molar-refractivity contribution in [3.05, 3.63) is 35.4 Å². The highest BCUT2D eigenvalue weighted by atomic mass is 19.2. The predicted molar refractivity (Wildman–Crippen MR) is 73.6 cm³/mol. The quantitative estimate of drug-likeness (QED) is 0.909. The van der Waals surface area contributed by atoms with Gasteiger partial charge in [-0.05, 0) is 36.3 Å². The van der Waals surface area contributed by atoms with E-state index in [0.29, 0.717) is 25.1 Å². The van der Waals surface area contributed by atoms with Crippen LogP contribution in [0.2, 0.25) is 0 Å². The second kappa shape index (κ2) is 5.37. The molecule has 5 heteroatoms. The Hall–Kier alpha value is -1.49. The maximum Gasteiger partial charge on any atom is 0.226 e. The molecule has 1 aromatic rings. The summed E-state index contributed by atoms with van der Waals surface area (Å²) >= 11 is 0. The van der Waals surface area contributed by atoms with Crippen LogP contribution in [0.5, 0.6) is 0 Å². The lowest BCUT2D eigenvalue weighted by Gasteiger charge is -2.34. The zero-order valence-corrected chi connectivity index (χ0v) is 11.9. The van der Waals surface area contributed by atoms with Crippen LogP contribution in [0.25, 0.3) is 0 Å². The van der Waals surface area contributed by atoms with E-state index in [2.05, 4.69) is 0 Å². The molecule has 3 rings (SSSR count). The van der Waals surface area contributed by atoms with E-state index in [1.54, 1.807) is 11.0 Å². The number of hydrogen-bond donors (Lipinski definition) is 1. The smallest absolute Gasteiger partial charge is 0.226 e. The van der Waals surface area contributed by atoms with Gasteiger partial charge in [0, 0.05) is 19.0 Å². The van der Waals surface area contributed by atoms with E-state index in [1.807, 2.05) is 6.92 Å². The average Bonchev–Trinajstić information content (AvgIpc) is 3.24. The average molecular weight is 295 g/mol. The number of carbonyl (C=O) groups is 1. The van der Waals surface area contributed by atoms with Gasteiger partial charge in [0.05, 0.1) is 6.10 Å². The zero-order chi connectivity index (χ0) is 15.1. The summed E-state index contributed by atoms with van der Waals surface area (Å²) in [4.78, 5) is 14.1. The Labute approximate surface area is 122 Å². The number of nitrogens with zero attached hydrogens (tertiary/aromatic N) is 1. The molecular formula is C16H19F2NO2. The summed E-state index contributed by atoms with van der Waals surface area (Å²) in [6.45, 7) is 2.94. The maximum atomic E-state index is 13.7. The van der Waals surface area contributed by atoms with Crippen LogP contribution in [0.1, 0.15) is 31.2 Å². The number of rotatable bonds is 2. The lowest BCUT2D eigenvalue weighted by atomic mass is 9.95. The lowest BCUT2D eigenvalue weighted by Crippen LogP contribution is -2.46. The molecule has 1 amide bonds. The van der Waals surface area contributed by atoms with Crippen molar-refractivity contribution in [1.82, 2.24) is 4.90 Å². The fourth-order valence-corrected chi connectivity index (χ4v) is 3.10. The van der Waals surface area contributed by atoms with Crippen LogP contribution in [0, 0.1) is 23.5 Å². The van der Waals surface area contributed by atoms with Crippen molar-refractivity contribution in [2.24, 2.45) is 11.8 Å². The molecule has 1 saturated carbocycles. The first-order valence-corrected chi connectivity index (χ1v) is 7.39. The minimum atomic E-state index is -0.868. The molecule has 0 radical (unpaired) electrons. The van der Waals surface area contributed by atoms with Gasteiger partial charge in [0.1, 0.15) is 0 Å². The summed E-state index contributed by atoms with van der Waals surface area (Å²) in [6, 6.07) is 4.10. The van der Waals surface area contributed by atoms with Crippen LogP contribution < -0.4 is 0 Å². The van der Waals surface area contributed by atoms with Crippen molar-refractivity contribution in [2.75, 3.05) is 13.1 Å². The standard InChI is InChI=1S/C16H19F2NO2/c1-9-5-6-19(8-14(9)20)16(21)12-7-11(12)10-3-2-4-13(17)15(10)18/h2-4,9,11-12,14,20H,5-8H2,1H3. The highest BCUT2D eigenvalue weighted by Crippen LogP contribution is 2.49. The van der Waals surface area contributed by atoms with E-state index in [-0.39, 0.29) is 23.7 Å². The molecule has 3 nitrogen and oxygen atoms in total. The van der Waals surface area contributed by atoms with E-state index in [1.165, 1.54) is 6.07 Å². The van der Waals surface area contributed by atoms with Crippen molar-refractivity contribution in [3.8, 4) is 0 Å². The van der Waals surface area contributed by atoms with Crippen molar-refractivity contribution >= 4 is 5.91 Å². The Kier molecular flexibility index (Phi) is 3.69. The summed E-state index contributed by atoms with van der Waals surface area (Å²) in [5, 5.41) is 9.86. The molecule has 0 spiro atoms. The van der Waals surface area contributed by atoms with Crippen molar-refractivity contribution in [2.45, 2.75) is 31.8 Å². The first-order valence-electron chi connectivity index (χ1n) is 7.39. The van der Waals surface area contributed by atoms with Gasteiger partial charge < -0.3 is 10.0 Å². The molecule has 2 aliphatic rings. The van der Waals surface area contributed by atoms with Crippen LogP contribution in [-0.2, 0) is 4.79 Å². The van der Waals surface area contributed by atoms with E-state index in [0.717, 1.165) is 12.5 Å². The molecule has 1 saturated heterocycles. The van der Waals surface area contributed by atoms with Gasteiger partial charge >= 0.3 is 0 Å². The molecule has 1 aromatic carbocycles. The Morgan fingerprint density at radius 3 is 2.86 bits per heavy atom. The number of aliphatic hydroxyl groups excluding tert-OH is 1. The third kappa shape index (κ3) is 2.67. The fraction of sp³-hybridized carbons (Fsp3) is 0.562. The van der Waals surface area contributed by atoms with E-state index in [9.17, 15) is 18.7 Å².